The molecule has 2 unspecified atom stereocenters. The number of aliphatic carboxylic acids is 1. The molecule has 1 aliphatic carbocycles. The third kappa shape index (κ3) is 3.16. The molecular weight excluding hydrogens is 372 g/mol. The zero-order valence-corrected chi connectivity index (χ0v) is 15.0. The summed E-state index contributed by atoms with van der Waals surface area (Å²) in [6.07, 6.45) is -1.34. The summed E-state index contributed by atoms with van der Waals surface area (Å²) < 4.78 is 30.5. The summed E-state index contributed by atoms with van der Waals surface area (Å²) in [4.78, 5) is 11.8. The molecule has 27 heavy (non-hydrogen) atoms. The van der Waals surface area contributed by atoms with Crippen LogP contribution in [0.4, 0.5) is 5.69 Å². The smallest absolute Gasteiger partial charge is 0.334 e. The van der Waals surface area contributed by atoms with Crippen molar-refractivity contribution in [2.75, 3.05) is 0 Å². The highest BCUT2D eigenvalue weighted by atomic mass is 32.2. The maximum atomic E-state index is 11.9. The van der Waals surface area contributed by atoms with Crippen LogP contribution in [0.2, 0.25) is 0 Å². The van der Waals surface area contributed by atoms with Gasteiger partial charge in [-0.25, -0.2) is 4.79 Å². The van der Waals surface area contributed by atoms with Crippen LogP contribution in [0.5, 0.6) is 0 Å². The molecule has 0 spiro atoms. The van der Waals surface area contributed by atoms with Crippen molar-refractivity contribution >= 4 is 33.5 Å². The van der Waals surface area contributed by atoms with E-state index in [0.29, 0.717) is 10.9 Å². The number of rotatable bonds is 4. The van der Waals surface area contributed by atoms with Crippen LogP contribution in [-0.2, 0) is 14.9 Å². The van der Waals surface area contributed by atoms with Gasteiger partial charge in [0.15, 0.2) is 0 Å². The van der Waals surface area contributed by atoms with Gasteiger partial charge in [0.1, 0.15) is 11.8 Å². The number of aryl methyl sites for hydroxylation is 1. The number of fused-ring (bicyclic) bond motifs is 1. The predicted octanol–water partition coefficient (Wildman–Crippen LogP) is 0.753. The van der Waals surface area contributed by atoms with Gasteiger partial charge in [0.25, 0.3) is 10.1 Å². The molecule has 2 atom stereocenters. The van der Waals surface area contributed by atoms with E-state index >= 15 is 0 Å². The second-order valence-corrected chi connectivity index (χ2v) is 7.75. The summed E-state index contributed by atoms with van der Waals surface area (Å²) in [6.45, 7) is 1.89. The van der Waals surface area contributed by atoms with Gasteiger partial charge < -0.3 is 10.2 Å². The van der Waals surface area contributed by atoms with E-state index in [1.807, 2.05) is 6.92 Å². The number of hydrogen-bond donors (Lipinski definition) is 3. The van der Waals surface area contributed by atoms with Crippen LogP contribution in [0.15, 0.2) is 58.8 Å². The fourth-order valence-electron chi connectivity index (χ4n) is 2.85. The molecule has 0 bridgehead atoms. The Morgan fingerprint density at radius 3 is 2.30 bits per heavy atom. The normalized spacial score (nSPS) is 22.3. The first kappa shape index (κ1) is 18.9. The monoisotopic (exact) mass is 388 g/mol. The van der Waals surface area contributed by atoms with Crippen molar-refractivity contribution < 1.29 is 28.0 Å². The molecule has 1 aliphatic rings. The zero-order valence-electron chi connectivity index (χ0n) is 14.1. The summed E-state index contributed by atoms with van der Waals surface area (Å²) in [5.41, 5.74) is 1.16. The first-order valence-corrected chi connectivity index (χ1v) is 9.30. The van der Waals surface area contributed by atoms with Crippen molar-refractivity contribution in [2.45, 2.75) is 17.8 Å². The number of carboxylic acid groups (broad SMARTS) is 1. The second-order valence-electron chi connectivity index (χ2n) is 6.13. The summed E-state index contributed by atoms with van der Waals surface area (Å²) in [6, 6.07) is 13.1. The average Bonchev–Trinajstić information content (AvgIpc) is 2.60. The van der Waals surface area contributed by atoms with Gasteiger partial charge in [-0.05, 0) is 30.4 Å². The van der Waals surface area contributed by atoms with Crippen LogP contribution >= 0.6 is 0 Å². The topological polar surface area (TPSA) is 137 Å². The Bertz CT molecular complexity index is 1160. The average molecular weight is 388 g/mol. The highest BCUT2D eigenvalue weighted by molar-refractivity contribution is 7.88. The Kier molecular flexibility index (Phi) is 4.68. The number of aliphatic hydroxyl groups is 1. The maximum Gasteiger partial charge on any atom is 0.334 e. The number of aliphatic hydroxyl groups excluding tert-OH is 1. The van der Waals surface area contributed by atoms with Gasteiger partial charge in [-0.2, -0.15) is 18.6 Å². The molecule has 0 heterocycles. The first-order chi connectivity index (χ1) is 12.7. The minimum atomic E-state index is -5.23. The molecule has 140 valence electrons. The van der Waals surface area contributed by atoms with E-state index in [1.165, 1.54) is 6.07 Å². The van der Waals surface area contributed by atoms with Crippen LogP contribution in [0.3, 0.4) is 0 Å². The molecule has 2 aromatic carbocycles. The molecule has 0 saturated carbocycles. The molecule has 0 fully saturated rings. The van der Waals surface area contributed by atoms with Crippen molar-refractivity contribution in [1.29, 1.82) is 0 Å². The lowest BCUT2D eigenvalue weighted by molar-refractivity contribution is -0.140. The Balaban J connectivity index is 2.27. The molecule has 3 rings (SSSR count). The molecule has 9 heteroatoms. The maximum absolute atomic E-state index is 11.9. The highest BCUT2D eigenvalue weighted by Gasteiger charge is 2.57. The number of hydrogen-bond acceptors (Lipinski definition) is 6. The van der Waals surface area contributed by atoms with Gasteiger partial charge >= 0.3 is 5.97 Å². The Hall–Kier alpha value is -2.88. The van der Waals surface area contributed by atoms with Crippen molar-refractivity contribution in [3.05, 3.63) is 64.5 Å². The minimum absolute atomic E-state index is 0.195. The molecule has 3 N–H and O–H groups in total. The molecule has 2 aromatic rings. The molecule has 8 nitrogen and oxygen atoms in total. The first-order valence-electron chi connectivity index (χ1n) is 7.86. The fraction of sp³-hybridized carbons (Fsp3) is 0.167. The van der Waals surface area contributed by atoms with Gasteiger partial charge in [-0.3, -0.25) is 4.55 Å². The lowest BCUT2D eigenvalue weighted by atomic mass is 9.91. The van der Waals surface area contributed by atoms with Gasteiger partial charge in [-0.15, -0.1) is 0 Å². The largest absolute Gasteiger partial charge is 0.480 e. The third-order valence-electron chi connectivity index (χ3n) is 4.34. The van der Waals surface area contributed by atoms with Gasteiger partial charge in [0.2, 0.25) is 4.75 Å². The van der Waals surface area contributed by atoms with E-state index in [2.05, 4.69) is 10.2 Å². The Morgan fingerprint density at radius 2 is 1.70 bits per heavy atom. The zero-order chi connectivity index (χ0) is 19.8. The van der Waals surface area contributed by atoms with Crippen LogP contribution in [0, 0.1) is 6.92 Å². The standard InChI is InChI=1S/C18H16N2O6S/c1-11-6-8-13(9-7-11)19-20-15-14-5-3-2-4-12(14)10-18(16(15)21,17(22)23)27(24,25)26/h2-10,16,21H,1H3,(H,22,23)(H,24,25,26). The minimum Gasteiger partial charge on any atom is -0.480 e. The number of carboxylic acids is 1. The SMILES string of the molecule is Cc1ccc(N=NC2=c3ccccc3=CC(C(=O)O)(S(=O)(=O)O)C2O)cc1. The Morgan fingerprint density at radius 1 is 1.07 bits per heavy atom. The second kappa shape index (κ2) is 6.69. The van der Waals surface area contributed by atoms with Crippen molar-refractivity contribution in [3.8, 4) is 0 Å². The molecule has 0 saturated heterocycles. The summed E-state index contributed by atoms with van der Waals surface area (Å²) >= 11 is 0. The van der Waals surface area contributed by atoms with Crippen LogP contribution < -0.4 is 10.4 Å². The number of azo groups is 1. The lowest BCUT2D eigenvalue weighted by Crippen LogP contribution is -2.59. The predicted molar refractivity (Wildman–Crippen MR) is 97.2 cm³/mol. The summed E-state index contributed by atoms with van der Waals surface area (Å²) in [5.74, 6) is -1.92. The molecular formula is C18H16N2O6S. The number of benzene rings is 2. The van der Waals surface area contributed by atoms with E-state index in [1.54, 1.807) is 42.5 Å². The van der Waals surface area contributed by atoms with E-state index in [4.69, 9.17) is 0 Å². The fourth-order valence-corrected chi connectivity index (χ4v) is 3.74. The van der Waals surface area contributed by atoms with E-state index < -0.39 is 26.9 Å². The summed E-state index contributed by atoms with van der Waals surface area (Å²) in [5, 5.41) is 28.6. The van der Waals surface area contributed by atoms with Gasteiger partial charge in [0, 0.05) is 5.22 Å². The summed E-state index contributed by atoms with van der Waals surface area (Å²) in [7, 11) is -5.23. The third-order valence-corrected chi connectivity index (χ3v) is 5.71. The van der Waals surface area contributed by atoms with Crippen LogP contribution in [0.25, 0.3) is 11.8 Å². The van der Waals surface area contributed by atoms with Crippen LogP contribution in [-0.4, -0.2) is 40.0 Å². The highest BCUT2D eigenvalue weighted by Crippen LogP contribution is 2.31. The Labute approximate surface area is 154 Å². The lowest BCUT2D eigenvalue weighted by Gasteiger charge is -2.30. The van der Waals surface area contributed by atoms with E-state index in [9.17, 15) is 28.0 Å². The van der Waals surface area contributed by atoms with Crippen molar-refractivity contribution in [3.63, 3.8) is 0 Å². The molecule has 0 aliphatic heterocycles. The van der Waals surface area contributed by atoms with E-state index in [-0.39, 0.29) is 10.9 Å². The van der Waals surface area contributed by atoms with Crippen LogP contribution in [0.1, 0.15) is 5.56 Å². The number of nitrogens with zero attached hydrogens (tertiary/aromatic N) is 2. The quantitative estimate of drug-likeness (QED) is 0.522. The molecule has 0 aromatic heterocycles. The molecule has 0 radical (unpaired) electrons. The van der Waals surface area contributed by atoms with Gasteiger partial charge in [-0.1, -0.05) is 42.0 Å². The van der Waals surface area contributed by atoms with Gasteiger partial charge in [0.05, 0.1) is 5.69 Å². The molecule has 0 amide bonds. The number of carbonyl (C=O) groups is 1. The van der Waals surface area contributed by atoms with Crippen molar-refractivity contribution in [2.24, 2.45) is 10.2 Å². The van der Waals surface area contributed by atoms with E-state index in [0.717, 1.165) is 11.6 Å². The van der Waals surface area contributed by atoms with Crippen molar-refractivity contribution in [1.82, 2.24) is 0 Å².